The molecule has 0 bridgehead atoms. The van der Waals surface area contributed by atoms with E-state index < -0.39 is 121 Å². The van der Waals surface area contributed by atoms with Crippen LogP contribution in [0.5, 0.6) is 0 Å². The Morgan fingerprint density at radius 2 is 0.585 bits per heavy atom. The van der Waals surface area contributed by atoms with Gasteiger partial charge < -0.3 is 63.8 Å². The van der Waals surface area contributed by atoms with Crippen molar-refractivity contribution in [3.63, 3.8) is 0 Å². The van der Waals surface area contributed by atoms with Gasteiger partial charge in [0.25, 0.3) is 0 Å². The highest BCUT2D eigenvalue weighted by Crippen LogP contribution is 2.62. The molecule has 0 unspecified atom stereocenters. The molecule has 4 atom stereocenters. The van der Waals surface area contributed by atoms with E-state index in [1.165, 1.54) is 12.1 Å². The lowest BCUT2D eigenvalue weighted by Crippen LogP contribution is -2.98. The first-order valence-corrected chi connectivity index (χ1v) is 23.7. The van der Waals surface area contributed by atoms with Gasteiger partial charge in [0.1, 0.15) is 18.0 Å². The van der Waals surface area contributed by atoms with E-state index in [0.29, 0.717) is 18.0 Å². The number of aromatic nitrogens is 7. The molecule has 82 heavy (non-hydrogen) atoms. The molecule has 1 aliphatic rings. The van der Waals surface area contributed by atoms with E-state index in [-0.39, 0.29) is 12.2 Å². The Balaban J connectivity index is 1.34. The summed E-state index contributed by atoms with van der Waals surface area (Å²) in [5.41, 5.74) is -6.00. The van der Waals surface area contributed by atoms with Crippen LogP contribution in [0.2, 0.25) is 0 Å². The summed E-state index contributed by atoms with van der Waals surface area (Å²) in [5.74, 6) is -46.2. The van der Waals surface area contributed by atoms with Crippen molar-refractivity contribution < 1.29 is 97.4 Å². The third kappa shape index (κ3) is 9.95. The van der Waals surface area contributed by atoms with Gasteiger partial charge in [-0.3, -0.25) is 34.9 Å². The largest absolute Gasteiger partial charge is 0.457 e. The fraction of sp³-hybridized carbons (Fsp3) is 0.127. The van der Waals surface area contributed by atoms with Crippen LogP contribution in [0.4, 0.5) is 0 Å². The lowest BCUT2D eigenvalue weighted by atomic mass is 9.68. The van der Waals surface area contributed by atoms with Crippen molar-refractivity contribution in [1.29, 1.82) is 0 Å². The Labute approximate surface area is 459 Å². The Morgan fingerprint density at radius 3 is 0.866 bits per heavy atom. The molecule has 7 heterocycles. The average Bonchev–Trinajstić information content (AvgIpc) is 0.728. The van der Waals surface area contributed by atoms with Crippen LogP contribution in [-0.4, -0.2) is 142 Å². The first-order chi connectivity index (χ1) is 39.3. The van der Waals surface area contributed by atoms with E-state index in [0.717, 1.165) is 135 Å². The van der Waals surface area contributed by atoms with Crippen molar-refractivity contribution in [2.24, 2.45) is 0 Å². The third-order valence-electron chi connectivity index (χ3n) is 12.2. The van der Waals surface area contributed by atoms with Gasteiger partial charge in [0, 0.05) is 74.4 Å². The van der Waals surface area contributed by atoms with Crippen molar-refractivity contribution in [2.45, 2.75) is 41.3 Å². The Bertz CT molecular complexity index is 3560. The molecule has 27 heteroatoms. The molecule has 27 nitrogen and oxygen atoms in total. The van der Waals surface area contributed by atoms with Crippen LogP contribution in [0.15, 0.2) is 190 Å². The topological polar surface area (TPSA) is 396 Å². The van der Waals surface area contributed by atoms with Crippen LogP contribution in [0.1, 0.15) is 78.1 Å². The minimum Gasteiger partial charge on any atom is -0.457 e. The monoisotopic (exact) mass is 1120 g/mol. The van der Waals surface area contributed by atoms with E-state index in [1.807, 2.05) is 0 Å². The molecule has 0 aliphatic heterocycles. The summed E-state index contributed by atoms with van der Waals surface area (Å²) in [6, 6.07) is 22.7. The number of hydrogen-bond acceptors (Lipinski definition) is 27. The van der Waals surface area contributed by atoms with Gasteiger partial charge in [-0.05, 0) is 90.5 Å². The number of carbonyl (C=O) groups is 7. The molecule has 1 saturated carbocycles. The summed E-state index contributed by atoms with van der Waals surface area (Å²) >= 11 is 0. The molecule has 1 aromatic carbocycles. The summed E-state index contributed by atoms with van der Waals surface area (Å²) in [6.07, 6.45) is 11.3. The first kappa shape index (κ1) is 56.1. The van der Waals surface area contributed by atoms with E-state index in [1.54, 1.807) is 30.3 Å². The molecule has 0 amide bonds. The van der Waals surface area contributed by atoms with Crippen LogP contribution in [0.3, 0.4) is 0 Å². The fourth-order valence-electron chi connectivity index (χ4n) is 8.10. The van der Waals surface area contributed by atoms with Gasteiger partial charge >= 0.3 is 76.5 Å². The maximum Gasteiger partial charge on any atom is 0.359 e. The number of aliphatic hydroxyl groups is 6. The Morgan fingerprint density at radius 1 is 0.317 bits per heavy atom. The van der Waals surface area contributed by atoms with Crippen LogP contribution >= 0.6 is 0 Å². The summed E-state index contributed by atoms with van der Waals surface area (Å²) in [4.78, 5) is 129. The van der Waals surface area contributed by atoms with E-state index in [4.69, 9.17) is 33.2 Å². The zero-order valence-corrected chi connectivity index (χ0v) is 41.6. The minimum atomic E-state index is -5.48. The average molecular weight is 1120 g/mol. The standard InChI is InChI=1S/C55H39N7O20/c63-43(34-13-4-20-56-27-34)77-50(70)51(71,78-44(64)35-14-5-21-57-28-35)53(73,80-46(66)37-16-7-23-59-30-37)55(75,54(74,81-47(67)38-17-8-24-60-31-38)52(50,72)79-45(65)36-15-6-22-58-29-36)82-49(69)40-19-10-26-62-42(40)41-39(18-9-25-61-41)48(68)76-32-33-11-2-1-3-12-33/h1-31,70-75H,32H2/t50?,51-,52-,53+,54+,55?/m1/s1. The highest BCUT2D eigenvalue weighted by Gasteiger charge is 3.01. The van der Waals surface area contributed by atoms with E-state index in [2.05, 4.69) is 34.9 Å². The summed E-state index contributed by atoms with van der Waals surface area (Å²) in [7, 11) is 0. The molecule has 1 aliphatic carbocycles. The van der Waals surface area contributed by atoms with Gasteiger partial charge in [0.2, 0.25) is 0 Å². The predicted molar refractivity (Wildman–Crippen MR) is 266 cm³/mol. The van der Waals surface area contributed by atoms with Crippen molar-refractivity contribution in [3.8, 4) is 11.4 Å². The second-order valence-corrected chi connectivity index (χ2v) is 17.3. The highest BCUT2D eigenvalue weighted by molar-refractivity contribution is 6.01. The summed E-state index contributed by atoms with van der Waals surface area (Å²) < 4.78 is 37.8. The van der Waals surface area contributed by atoms with Crippen LogP contribution < -0.4 is 0 Å². The summed E-state index contributed by atoms with van der Waals surface area (Å²) in [5, 5.41) is 81.4. The minimum absolute atomic E-state index is 0.280. The smallest absolute Gasteiger partial charge is 0.359 e. The number of carbonyl (C=O) groups excluding carboxylic acids is 7. The highest BCUT2D eigenvalue weighted by atomic mass is 16.9. The van der Waals surface area contributed by atoms with Crippen molar-refractivity contribution in [3.05, 3.63) is 234 Å². The predicted octanol–water partition coefficient (Wildman–Crippen LogP) is 2.06. The number of pyridine rings is 7. The second kappa shape index (κ2) is 22.6. The molecule has 8 aromatic rings. The Hall–Kier alpha value is -10.7. The van der Waals surface area contributed by atoms with Crippen molar-refractivity contribution >= 4 is 41.8 Å². The zero-order valence-electron chi connectivity index (χ0n) is 41.6. The van der Waals surface area contributed by atoms with Crippen LogP contribution in [-0.2, 0) is 39.8 Å². The number of hydrogen-bond donors (Lipinski definition) is 6. The molecule has 9 rings (SSSR count). The maximum atomic E-state index is 15.4. The van der Waals surface area contributed by atoms with Gasteiger partial charge in [0.15, 0.2) is 0 Å². The quantitative estimate of drug-likeness (QED) is 0.0458. The maximum absolute atomic E-state index is 15.4. The molecular weight excluding hydrogens is 1080 g/mol. The normalized spacial score (nSPS) is 22.7. The Kier molecular flexibility index (Phi) is 15.4. The van der Waals surface area contributed by atoms with Gasteiger partial charge in [-0.15, -0.1) is 0 Å². The SMILES string of the molecule is O=C(OC1(O)[C@@](O)(OC(=O)c2cccnc2)[C@](O)(OC(=O)c2cccnc2)C(O)(OC(=O)c2cccnc2-c2ncccc2C(=O)OCc2ccccc2)[C@@](O)(OC(=O)c2cccnc2)[C@]1(O)OC(=O)c1cccnc1)c1cccnc1. The lowest BCUT2D eigenvalue weighted by Gasteiger charge is -2.64. The van der Waals surface area contributed by atoms with E-state index >= 15 is 4.79 Å². The second-order valence-electron chi connectivity index (χ2n) is 17.3. The number of rotatable bonds is 16. The molecule has 0 saturated heterocycles. The molecule has 1 fully saturated rings. The molecule has 0 spiro atoms. The number of esters is 7. The van der Waals surface area contributed by atoms with Crippen molar-refractivity contribution in [1.82, 2.24) is 34.9 Å². The molecular formula is C55H39N7O20. The number of nitrogens with zero attached hydrogens (tertiary/aromatic N) is 7. The molecule has 414 valence electrons. The van der Waals surface area contributed by atoms with Crippen molar-refractivity contribution in [2.75, 3.05) is 0 Å². The van der Waals surface area contributed by atoms with Gasteiger partial charge in [-0.2, -0.15) is 0 Å². The summed E-state index contributed by atoms with van der Waals surface area (Å²) in [6.45, 7) is -0.280. The van der Waals surface area contributed by atoms with Gasteiger partial charge in [-0.25, -0.2) is 33.6 Å². The fourth-order valence-corrected chi connectivity index (χ4v) is 8.10. The number of ether oxygens (including phenoxy) is 7. The molecule has 7 aromatic heterocycles. The van der Waals surface area contributed by atoms with Crippen LogP contribution in [0.25, 0.3) is 11.4 Å². The molecule has 6 N–H and O–H groups in total. The zero-order chi connectivity index (χ0) is 58.3. The van der Waals surface area contributed by atoms with Gasteiger partial charge in [-0.1, -0.05) is 30.3 Å². The third-order valence-corrected chi connectivity index (χ3v) is 12.2. The first-order valence-electron chi connectivity index (χ1n) is 23.7. The van der Waals surface area contributed by atoms with E-state index in [9.17, 15) is 59.4 Å². The molecule has 0 radical (unpaired) electrons. The lowest BCUT2D eigenvalue weighted by molar-refractivity contribution is -0.624. The van der Waals surface area contributed by atoms with Gasteiger partial charge in [0.05, 0.1) is 38.9 Å². The van der Waals surface area contributed by atoms with Crippen LogP contribution in [0, 0.1) is 0 Å². The number of benzene rings is 1.